The highest BCUT2D eigenvalue weighted by molar-refractivity contribution is 7.15. The Hall–Kier alpha value is -1.42. The fourth-order valence-electron chi connectivity index (χ4n) is 1.78. The largest absolute Gasteiger partial charge is 0.298 e. The van der Waals surface area contributed by atoms with Crippen molar-refractivity contribution in [2.24, 2.45) is 5.92 Å². The lowest BCUT2D eigenvalue weighted by molar-refractivity contribution is 0.112. The van der Waals surface area contributed by atoms with Crippen LogP contribution in [0.4, 0.5) is 0 Å². The molecule has 0 amide bonds. The second-order valence-electron chi connectivity index (χ2n) is 4.91. The lowest BCUT2D eigenvalue weighted by atomic mass is 10.1. The molecule has 0 saturated carbocycles. The van der Waals surface area contributed by atoms with Gasteiger partial charge in [-0.3, -0.25) is 9.48 Å². The number of hydrogen-bond donors (Lipinski definition) is 0. The summed E-state index contributed by atoms with van der Waals surface area (Å²) in [5.41, 5.74) is 1.49. The third-order valence-corrected chi connectivity index (χ3v) is 3.83. The highest BCUT2D eigenvalue weighted by Gasteiger charge is 2.12. The van der Waals surface area contributed by atoms with Crippen LogP contribution in [0.15, 0.2) is 18.3 Å². The zero-order valence-corrected chi connectivity index (χ0v) is 11.8. The maximum absolute atomic E-state index is 11.1. The minimum absolute atomic E-state index is 0.640. The van der Waals surface area contributed by atoms with E-state index in [9.17, 15) is 4.79 Å². The van der Waals surface area contributed by atoms with Crippen molar-refractivity contribution in [3.05, 3.63) is 28.8 Å². The molecule has 2 aromatic rings. The molecular weight excluding hydrogens is 244 g/mol. The lowest BCUT2D eigenvalue weighted by Gasteiger charge is -2.03. The fraction of sp³-hybridized carbons (Fsp3) is 0.429. The predicted octanol–water partition coefficient (Wildman–Crippen LogP) is 3.78. The van der Waals surface area contributed by atoms with E-state index in [1.54, 1.807) is 11.3 Å². The monoisotopic (exact) mass is 262 g/mol. The number of rotatable bonds is 5. The number of nitrogens with zero attached hydrogens (tertiary/aromatic N) is 2. The van der Waals surface area contributed by atoms with Gasteiger partial charge < -0.3 is 0 Å². The first-order valence-electron chi connectivity index (χ1n) is 6.19. The van der Waals surface area contributed by atoms with Gasteiger partial charge in [0.25, 0.3) is 0 Å². The van der Waals surface area contributed by atoms with Crippen LogP contribution < -0.4 is 0 Å². The number of carbonyl (C=O) groups is 1. The Labute approximate surface area is 111 Å². The number of aryl methyl sites for hydroxylation is 2. The maximum atomic E-state index is 11.1. The van der Waals surface area contributed by atoms with Gasteiger partial charge in [-0.05, 0) is 31.4 Å². The minimum atomic E-state index is 0.640. The van der Waals surface area contributed by atoms with E-state index in [0.717, 1.165) is 29.8 Å². The molecule has 4 heteroatoms. The summed E-state index contributed by atoms with van der Waals surface area (Å²) in [5, 5.41) is 4.53. The number of thiophene rings is 1. The third-order valence-electron chi connectivity index (χ3n) is 2.83. The summed E-state index contributed by atoms with van der Waals surface area (Å²) in [7, 11) is 0. The Bertz CT molecular complexity index is 540. The summed E-state index contributed by atoms with van der Waals surface area (Å²) in [6.07, 6.45) is 3.81. The van der Waals surface area contributed by atoms with Crippen LogP contribution >= 0.6 is 11.3 Å². The van der Waals surface area contributed by atoms with Crippen LogP contribution in [0.2, 0.25) is 0 Å². The quantitative estimate of drug-likeness (QED) is 0.769. The number of hydrogen-bond acceptors (Lipinski definition) is 3. The van der Waals surface area contributed by atoms with Crippen molar-refractivity contribution in [1.82, 2.24) is 9.78 Å². The second kappa shape index (κ2) is 5.48. The van der Waals surface area contributed by atoms with E-state index in [4.69, 9.17) is 0 Å². The summed E-state index contributed by atoms with van der Waals surface area (Å²) in [5.74, 6) is 0.640. The molecule has 0 N–H and O–H groups in total. The van der Waals surface area contributed by atoms with Crippen molar-refractivity contribution >= 4 is 17.6 Å². The van der Waals surface area contributed by atoms with Gasteiger partial charge in [-0.15, -0.1) is 11.3 Å². The molecule has 96 valence electrons. The number of carbonyl (C=O) groups excluding carboxylic acids is 1. The molecule has 2 heterocycles. The average Bonchev–Trinajstić information content (AvgIpc) is 2.92. The first-order chi connectivity index (χ1) is 8.60. The first kappa shape index (κ1) is 13.0. The van der Waals surface area contributed by atoms with Gasteiger partial charge in [0.1, 0.15) is 5.69 Å². The summed E-state index contributed by atoms with van der Waals surface area (Å²) < 4.78 is 1.88. The van der Waals surface area contributed by atoms with Crippen LogP contribution in [0.25, 0.3) is 10.6 Å². The molecule has 0 aliphatic carbocycles. The molecule has 0 aliphatic rings. The molecule has 0 bridgehead atoms. The van der Waals surface area contributed by atoms with Gasteiger partial charge in [-0.1, -0.05) is 13.8 Å². The Morgan fingerprint density at radius 3 is 2.78 bits per heavy atom. The smallest absolute Gasteiger partial charge is 0.153 e. The Balaban J connectivity index is 2.27. The molecule has 0 radical (unpaired) electrons. The van der Waals surface area contributed by atoms with Crippen LogP contribution in [-0.2, 0) is 6.54 Å². The van der Waals surface area contributed by atoms with Crippen LogP contribution in [0.1, 0.15) is 35.5 Å². The molecule has 0 aliphatic heterocycles. The standard InChI is InChI=1S/C14H18N2OS/c1-10(2)6-7-16-8-12(9-17)14(15-16)13-5-4-11(3)18-13/h4-5,8-10H,6-7H2,1-3H3. The average molecular weight is 262 g/mol. The van der Waals surface area contributed by atoms with Crippen LogP contribution in [0.5, 0.6) is 0 Å². The molecule has 2 rings (SSSR count). The van der Waals surface area contributed by atoms with E-state index in [-0.39, 0.29) is 0 Å². The SMILES string of the molecule is Cc1ccc(-c2nn(CCC(C)C)cc2C=O)s1. The zero-order valence-electron chi connectivity index (χ0n) is 11.0. The first-order valence-corrected chi connectivity index (χ1v) is 7.01. The molecule has 18 heavy (non-hydrogen) atoms. The van der Waals surface area contributed by atoms with E-state index in [1.807, 2.05) is 16.9 Å². The van der Waals surface area contributed by atoms with Gasteiger partial charge in [0, 0.05) is 17.6 Å². The summed E-state index contributed by atoms with van der Waals surface area (Å²) in [6, 6.07) is 4.09. The maximum Gasteiger partial charge on any atom is 0.153 e. The van der Waals surface area contributed by atoms with Crippen molar-refractivity contribution < 1.29 is 4.79 Å². The molecular formula is C14H18N2OS. The van der Waals surface area contributed by atoms with Gasteiger partial charge in [-0.25, -0.2) is 0 Å². The topological polar surface area (TPSA) is 34.9 Å². The van der Waals surface area contributed by atoms with Gasteiger partial charge in [0.2, 0.25) is 0 Å². The Morgan fingerprint density at radius 1 is 1.44 bits per heavy atom. The minimum Gasteiger partial charge on any atom is -0.298 e. The van der Waals surface area contributed by atoms with Gasteiger partial charge in [0.15, 0.2) is 6.29 Å². The van der Waals surface area contributed by atoms with Crippen molar-refractivity contribution in [3.8, 4) is 10.6 Å². The summed E-state index contributed by atoms with van der Waals surface area (Å²) in [6.45, 7) is 7.30. The lowest BCUT2D eigenvalue weighted by Crippen LogP contribution is -2.01. The zero-order chi connectivity index (χ0) is 13.1. The van der Waals surface area contributed by atoms with Crippen molar-refractivity contribution in [1.29, 1.82) is 0 Å². The number of aromatic nitrogens is 2. The van der Waals surface area contributed by atoms with E-state index in [2.05, 4.69) is 31.9 Å². The Kier molecular flexibility index (Phi) is 3.97. The van der Waals surface area contributed by atoms with Gasteiger partial charge in [-0.2, -0.15) is 5.10 Å². The molecule has 0 spiro atoms. The van der Waals surface area contributed by atoms with Gasteiger partial charge >= 0.3 is 0 Å². The highest BCUT2D eigenvalue weighted by Crippen LogP contribution is 2.28. The Morgan fingerprint density at radius 2 is 2.22 bits per heavy atom. The molecule has 0 fully saturated rings. The molecule has 0 unspecified atom stereocenters. The van der Waals surface area contributed by atoms with E-state index in [1.165, 1.54) is 4.88 Å². The van der Waals surface area contributed by atoms with Crippen molar-refractivity contribution in [2.45, 2.75) is 33.7 Å². The molecule has 0 aromatic carbocycles. The van der Waals surface area contributed by atoms with Crippen LogP contribution in [0.3, 0.4) is 0 Å². The van der Waals surface area contributed by atoms with E-state index < -0.39 is 0 Å². The second-order valence-corrected chi connectivity index (χ2v) is 6.19. The van der Waals surface area contributed by atoms with E-state index >= 15 is 0 Å². The summed E-state index contributed by atoms with van der Waals surface area (Å²) >= 11 is 1.67. The third kappa shape index (κ3) is 2.88. The molecule has 0 atom stereocenters. The van der Waals surface area contributed by atoms with Crippen LogP contribution in [0, 0.1) is 12.8 Å². The predicted molar refractivity (Wildman–Crippen MR) is 75.1 cm³/mol. The van der Waals surface area contributed by atoms with Crippen molar-refractivity contribution in [2.75, 3.05) is 0 Å². The fourth-order valence-corrected chi connectivity index (χ4v) is 2.66. The van der Waals surface area contributed by atoms with Crippen LogP contribution in [-0.4, -0.2) is 16.1 Å². The van der Waals surface area contributed by atoms with E-state index in [0.29, 0.717) is 11.5 Å². The van der Waals surface area contributed by atoms with Gasteiger partial charge in [0.05, 0.1) is 10.4 Å². The summed E-state index contributed by atoms with van der Waals surface area (Å²) in [4.78, 5) is 13.4. The normalized spacial score (nSPS) is 11.1. The number of aldehydes is 1. The molecule has 0 saturated heterocycles. The highest BCUT2D eigenvalue weighted by atomic mass is 32.1. The van der Waals surface area contributed by atoms with Crippen molar-refractivity contribution in [3.63, 3.8) is 0 Å². The molecule has 3 nitrogen and oxygen atoms in total. The molecule has 2 aromatic heterocycles.